The highest BCUT2D eigenvalue weighted by Crippen LogP contribution is 2.38. The molecule has 0 unspecified atom stereocenters. The number of phenolic OH excluding ortho intramolecular Hbond substituents is 1. The van der Waals surface area contributed by atoms with Crippen LogP contribution in [0.1, 0.15) is 24.1 Å². The topological polar surface area (TPSA) is 102 Å². The molecule has 0 saturated heterocycles. The van der Waals surface area contributed by atoms with Crippen LogP contribution in [0.5, 0.6) is 17.2 Å². The van der Waals surface area contributed by atoms with E-state index < -0.39 is 6.04 Å². The molecule has 0 aliphatic carbocycles. The number of hydrogen-bond acceptors (Lipinski definition) is 7. The molecule has 5 rings (SSSR count). The van der Waals surface area contributed by atoms with Crippen molar-refractivity contribution >= 4 is 60.9 Å². The van der Waals surface area contributed by atoms with Gasteiger partial charge in [-0.2, -0.15) is 0 Å². The number of thiazole rings is 1. The van der Waals surface area contributed by atoms with Gasteiger partial charge in [0.2, 0.25) is 0 Å². The highest BCUT2D eigenvalue weighted by atomic mass is 79.9. The van der Waals surface area contributed by atoms with E-state index in [0.29, 0.717) is 57.9 Å². The van der Waals surface area contributed by atoms with Crippen LogP contribution in [0.3, 0.4) is 0 Å². The summed E-state index contributed by atoms with van der Waals surface area (Å²) in [6.07, 6.45) is 1.73. The smallest absolute Gasteiger partial charge is 0.271 e. The molecule has 2 heterocycles. The number of aromatic nitrogens is 1. The maximum atomic E-state index is 14.0. The molecule has 1 atom stereocenters. The number of phenols is 1. The van der Waals surface area contributed by atoms with E-state index in [1.807, 2.05) is 18.2 Å². The number of carbonyl (C=O) groups excluding carboxylic acids is 1. The highest BCUT2D eigenvalue weighted by molar-refractivity contribution is 9.11. The van der Waals surface area contributed by atoms with Gasteiger partial charge in [-0.1, -0.05) is 29.5 Å². The number of rotatable bonds is 6. The Hall–Kier alpha value is -3.67. The van der Waals surface area contributed by atoms with E-state index in [4.69, 9.17) is 9.47 Å². The number of aromatic hydroxyl groups is 1. The summed E-state index contributed by atoms with van der Waals surface area (Å²) in [6, 6.07) is 17.0. The fourth-order valence-electron chi connectivity index (χ4n) is 4.49. The average Bonchev–Trinajstić information content (AvgIpc) is 3.24. The molecule has 0 spiro atoms. The van der Waals surface area contributed by atoms with Gasteiger partial charge < -0.3 is 19.9 Å². The second-order valence-corrected chi connectivity index (χ2v) is 11.6. The zero-order valence-electron chi connectivity index (χ0n) is 21.6. The standard InChI is InChI=1S/C29H23Br2N3O5S/c1-15-24(27(36)33-17-7-5-4-6-8-17)25(19-10-9-18(38-2)14-22(19)39-3)34-28(37)23(40-29(34)32-15)13-16-11-20(30)26(35)21(31)12-16/h4-14,25,35H,1-3H3,(H,33,36)/b23-13-/t25-/m1/s1. The fourth-order valence-corrected chi connectivity index (χ4v) is 6.76. The number of halogens is 2. The van der Waals surface area contributed by atoms with Crippen LogP contribution in [-0.4, -0.2) is 29.8 Å². The number of benzene rings is 3. The molecule has 11 heteroatoms. The monoisotopic (exact) mass is 683 g/mol. The quantitative estimate of drug-likeness (QED) is 0.294. The first-order valence-corrected chi connectivity index (χ1v) is 14.4. The molecular formula is C29H23Br2N3O5S. The van der Waals surface area contributed by atoms with Crippen LogP contribution in [0.2, 0.25) is 0 Å². The van der Waals surface area contributed by atoms with Crippen LogP contribution >= 0.6 is 43.2 Å². The van der Waals surface area contributed by atoms with Crippen molar-refractivity contribution in [3.05, 3.63) is 112 Å². The zero-order chi connectivity index (χ0) is 28.6. The number of amides is 1. The summed E-state index contributed by atoms with van der Waals surface area (Å²) in [5, 5.41) is 13.0. The molecule has 1 aliphatic rings. The Kier molecular flexibility index (Phi) is 7.97. The summed E-state index contributed by atoms with van der Waals surface area (Å²) < 4.78 is 14.0. The van der Waals surface area contributed by atoms with Crippen LogP contribution in [-0.2, 0) is 4.79 Å². The fraction of sp³-hybridized carbons (Fsp3) is 0.138. The molecule has 3 aromatic carbocycles. The Bertz CT molecular complexity index is 1820. The number of nitrogens with zero attached hydrogens (tertiary/aromatic N) is 2. The maximum Gasteiger partial charge on any atom is 0.271 e. The highest BCUT2D eigenvalue weighted by Gasteiger charge is 2.34. The molecule has 0 radical (unpaired) electrons. The number of para-hydroxylation sites is 1. The second-order valence-electron chi connectivity index (χ2n) is 8.84. The Labute approximate surface area is 250 Å². The molecular weight excluding hydrogens is 662 g/mol. The third kappa shape index (κ3) is 5.24. The lowest BCUT2D eigenvalue weighted by atomic mass is 9.94. The van der Waals surface area contributed by atoms with Gasteiger partial charge >= 0.3 is 0 Å². The molecule has 1 aliphatic heterocycles. The summed E-state index contributed by atoms with van der Waals surface area (Å²) >= 11 is 7.89. The van der Waals surface area contributed by atoms with Gasteiger partial charge in [0, 0.05) is 17.3 Å². The molecule has 8 nitrogen and oxygen atoms in total. The number of nitrogens with one attached hydrogen (secondary N) is 1. The molecule has 40 heavy (non-hydrogen) atoms. The van der Waals surface area contributed by atoms with Crippen molar-refractivity contribution in [3.8, 4) is 17.2 Å². The predicted octanol–water partition coefficient (Wildman–Crippen LogP) is 5.12. The molecule has 0 fully saturated rings. The van der Waals surface area contributed by atoms with Crippen LogP contribution in [0, 0.1) is 0 Å². The molecule has 1 aromatic heterocycles. The first-order valence-electron chi connectivity index (χ1n) is 12.0. The normalized spacial score (nSPS) is 14.9. The Morgan fingerprint density at radius 2 is 1.77 bits per heavy atom. The number of allylic oxidation sites excluding steroid dienone is 1. The number of methoxy groups -OCH3 is 2. The Morgan fingerprint density at radius 3 is 2.42 bits per heavy atom. The number of anilines is 1. The molecule has 1 amide bonds. The van der Waals surface area contributed by atoms with Crippen molar-refractivity contribution in [1.82, 2.24) is 4.57 Å². The van der Waals surface area contributed by atoms with E-state index in [0.717, 1.165) is 0 Å². The van der Waals surface area contributed by atoms with Gasteiger partial charge in [-0.05, 0) is 86.8 Å². The van der Waals surface area contributed by atoms with Crippen molar-refractivity contribution < 1.29 is 19.4 Å². The molecule has 0 bridgehead atoms. The van der Waals surface area contributed by atoms with Gasteiger partial charge in [0.15, 0.2) is 4.80 Å². The van der Waals surface area contributed by atoms with Crippen molar-refractivity contribution in [2.24, 2.45) is 4.99 Å². The van der Waals surface area contributed by atoms with Crippen molar-refractivity contribution in [2.45, 2.75) is 13.0 Å². The lowest BCUT2D eigenvalue weighted by Gasteiger charge is -2.26. The van der Waals surface area contributed by atoms with E-state index in [9.17, 15) is 14.7 Å². The van der Waals surface area contributed by atoms with Crippen LogP contribution in [0.4, 0.5) is 5.69 Å². The van der Waals surface area contributed by atoms with Gasteiger partial charge in [-0.3, -0.25) is 14.2 Å². The first-order chi connectivity index (χ1) is 19.2. The Morgan fingerprint density at radius 1 is 1.07 bits per heavy atom. The summed E-state index contributed by atoms with van der Waals surface area (Å²) in [7, 11) is 3.09. The predicted molar refractivity (Wildman–Crippen MR) is 162 cm³/mol. The van der Waals surface area contributed by atoms with Crippen LogP contribution < -0.4 is 29.7 Å². The summed E-state index contributed by atoms with van der Waals surface area (Å²) in [5.74, 6) is 0.725. The van der Waals surface area contributed by atoms with E-state index in [1.54, 1.807) is 62.6 Å². The van der Waals surface area contributed by atoms with E-state index in [1.165, 1.54) is 23.0 Å². The van der Waals surface area contributed by atoms with E-state index in [2.05, 4.69) is 42.2 Å². The minimum atomic E-state index is -0.818. The molecule has 4 aromatic rings. The number of fused-ring (bicyclic) bond motifs is 1. The third-order valence-electron chi connectivity index (χ3n) is 6.37. The third-order valence-corrected chi connectivity index (χ3v) is 8.56. The largest absolute Gasteiger partial charge is 0.506 e. The van der Waals surface area contributed by atoms with Gasteiger partial charge in [0.05, 0.1) is 39.0 Å². The van der Waals surface area contributed by atoms with Crippen molar-refractivity contribution in [3.63, 3.8) is 0 Å². The van der Waals surface area contributed by atoms with Gasteiger partial charge in [-0.15, -0.1) is 0 Å². The van der Waals surface area contributed by atoms with Crippen LogP contribution in [0.15, 0.2) is 90.7 Å². The molecule has 2 N–H and O–H groups in total. The van der Waals surface area contributed by atoms with Crippen LogP contribution in [0.25, 0.3) is 6.08 Å². The summed E-state index contributed by atoms with van der Waals surface area (Å²) in [6.45, 7) is 1.76. The molecule has 0 saturated carbocycles. The number of carbonyl (C=O) groups is 1. The van der Waals surface area contributed by atoms with E-state index in [-0.39, 0.29) is 17.2 Å². The second kappa shape index (κ2) is 11.4. The lowest BCUT2D eigenvalue weighted by Crippen LogP contribution is -2.40. The van der Waals surface area contributed by atoms with Crippen molar-refractivity contribution in [1.29, 1.82) is 0 Å². The first kappa shape index (κ1) is 27.9. The summed E-state index contributed by atoms with van der Waals surface area (Å²) in [5.41, 5.74) is 2.41. The van der Waals surface area contributed by atoms with Crippen molar-refractivity contribution in [2.75, 3.05) is 19.5 Å². The lowest BCUT2D eigenvalue weighted by molar-refractivity contribution is -0.113. The maximum absolute atomic E-state index is 14.0. The Balaban J connectivity index is 1.73. The minimum Gasteiger partial charge on any atom is -0.506 e. The minimum absolute atomic E-state index is 0.0647. The zero-order valence-corrected chi connectivity index (χ0v) is 25.6. The molecule has 204 valence electrons. The van der Waals surface area contributed by atoms with Gasteiger partial charge in [0.1, 0.15) is 23.3 Å². The number of hydrogen-bond donors (Lipinski definition) is 2. The SMILES string of the molecule is COc1ccc([C@@H]2C(C(=O)Nc3ccccc3)=C(C)N=c3s/c(=C\c4cc(Br)c(O)c(Br)c4)c(=O)n32)c(OC)c1. The van der Waals surface area contributed by atoms with E-state index >= 15 is 0 Å². The summed E-state index contributed by atoms with van der Waals surface area (Å²) in [4.78, 5) is 32.9. The average molecular weight is 685 g/mol. The van der Waals surface area contributed by atoms with Gasteiger partial charge in [0.25, 0.3) is 11.5 Å². The van der Waals surface area contributed by atoms with Gasteiger partial charge in [-0.25, -0.2) is 4.99 Å². The number of ether oxygens (including phenoxy) is 2.